The number of rotatable bonds is 7. The van der Waals surface area contributed by atoms with Crippen molar-refractivity contribution in [2.75, 3.05) is 7.11 Å². The third kappa shape index (κ3) is 6.32. The predicted molar refractivity (Wildman–Crippen MR) is 70.1 cm³/mol. The highest BCUT2D eigenvalue weighted by Gasteiger charge is 2.21. The molecule has 0 saturated carbocycles. The minimum Gasteiger partial charge on any atom is -0.480 e. The quantitative estimate of drug-likeness (QED) is 0.588. The highest BCUT2D eigenvalue weighted by molar-refractivity contribution is 5.83. The van der Waals surface area contributed by atoms with E-state index >= 15 is 0 Å². The Bertz CT molecular complexity index is 494. The molecule has 9 nitrogen and oxygen atoms in total. The van der Waals surface area contributed by atoms with Crippen molar-refractivity contribution in [1.29, 1.82) is 0 Å². The van der Waals surface area contributed by atoms with Crippen molar-refractivity contribution in [3.8, 4) is 0 Å². The summed E-state index contributed by atoms with van der Waals surface area (Å²) in [5.74, 6) is -1.77. The predicted octanol–water partition coefficient (Wildman–Crippen LogP) is -0.318. The van der Waals surface area contributed by atoms with Crippen molar-refractivity contribution >= 4 is 18.0 Å². The van der Waals surface area contributed by atoms with Gasteiger partial charge in [-0.25, -0.2) is 9.59 Å². The maximum Gasteiger partial charge on any atom is 0.326 e. The van der Waals surface area contributed by atoms with Gasteiger partial charge < -0.3 is 20.5 Å². The van der Waals surface area contributed by atoms with Crippen molar-refractivity contribution in [1.82, 2.24) is 20.8 Å². The molecular weight excluding hydrogens is 280 g/mol. The number of aliphatic carboxylic acids is 1. The fourth-order valence-corrected chi connectivity index (χ4v) is 1.43. The number of carbonyl (C=O) groups is 3. The second-order valence-corrected chi connectivity index (χ2v) is 4.05. The third-order valence-corrected chi connectivity index (χ3v) is 2.53. The average Bonchev–Trinajstić information content (AvgIpc) is 2.49. The van der Waals surface area contributed by atoms with Crippen LogP contribution >= 0.6 is 0 Å². The van der Waals surface area contributed by atoms with E-state index in [1.807, 2.05) is 0 Å². The van der Waals surface area contributed by atoms with Gasteiger partial charge in [0.2, 0.25) is 0 Å². The second kappa shape index (κ2) is 8.46. The molecule has 1 heterocycles. The van der Waals surface area contributed by atoms with Crippen LogP contribution in [0, 0.1) is 0 Å². The van der Waals surface area contributed by atoms with Crippen LogP contribution in [0.4, 0.5) is 4.79 Å². The van der Waals surface area contributed by atoms with Crippen LogP contribution in [0.1, 0.15) is 18.5 Å². The molecule has 0 aliphatic rings. The van der Waals surface area contributed by atoms with Gasteiger partial charge in [0, 0.05) is 12.6 Å². The monoisotopic (exact) mass is 296 g/mol. The zero-order chi connectivity index (χ0) is 15.7. The number of hydrogen-bond acceptors (Lipinski definition) is 6. The second-order valence-electron chi connectivity index (χ2n) is 4.05. The van der Waals surface area contributed by atoms with Crippen LogP contribution in [0.15, 0.2) is 18.3 Å². The fraction of sp³-hybridized carbons (Fsp3) is 0.417. The molecule has 0 saturated heterocycles. The minimum absolute atomic E-state index is 0.0550. The molecular formula is C12H16N4O5. The van der Waals surface area contributed by atoms with Gasteiger partial charge in [0.1, 0.15) is 6.04 Å². The Balaban J connectivity index is 2.41. The summed E-state index contributed by atoms with van der Waals surface area (Å²) in [6.07, 6.45) is 1.34. The molecule has 21 heavy (non-hydrogen) atoms. The number of esters is 1. The van der Waals surface area contributed by atoms with Gasteiger partial charge in [0.15, 0.2) is 0 Å². The highest BCUT2D eigenvalue weighted by atomic mass is 16.5. The molecule has 0 spiro atoms. The van der Waals surface area contributed by atoms with Gasteiger partial charge in [-0.05, 0) is 18.6 Å². The largest absolute Gasteiger partial charge is 0.480 e. The molecule has 0 aliphatic carbocycles. The molecule has 0 aliphatic heterocycles. The van der Waals surface area contributed by atoms with Gasteiger partial charge in [0.05, 0.1) is 19.3 Å². The molecule has 114 valence electrons. The number of ether oxygens (including phenoxy) is 1. The Hall–Kier alpha value is -2.71. The van der Waals surface area contributed by atoms with Crippen LogP contribution in [0.25, 0.3) is 0 Å². The molecule has 0 bridgehead atoms. The van der Waals surface area contributed by atoms with Gasteiger partial charge in [-0.3, -0.25) is 4.79 Å². The van der Waals surface area contributed by atoms with Gasteiger partial charge in [-0.1, -0.05) is 0 Å². The van der Waals surface area contributed by atoms with E-state index in [2.05, 4.69) is 25.6 Å². The summed E-state index contributed by atoms with van der Waals surface area (Å²) in [6.45, 7) is 0.114. The lowest BCUT2D eigenvalue weighted by Crippen LogP contribution is -2.46. The maximum atomic E-state index is 11.6. The van der Waals surface area contributed by atoms with Crippen LogP contribution < -0.4 is 10.6 Å². The molecule has 1 rings (SSSR count). The van der Waals surface area contributed by atoms with E-state index in [-0.39, 0.29) is 19.4 Å². The van der Waals surface area contributed by atoms with E-state index in [4.69, 9.17) is 5.11 Å². The van der Waals surface area contributed by atoms with Gasteiger partial charge in [0.25, 0.3) is 0 Å². The Morgan fingerprint density at radius 1 is 1.43 bits per heavy atom. The lowest BCUT2D eigenvalue weighted by Gasteiger charge is -2.14. The summed E-state index contributed by atoms with van der Waals surface area (Å²) in [5, 5.41) is 21.1. The van der Waals surface area contributed by atoms with Crippen LogP contribution in [-0.4, -0.2) is 46.4 Å². The number of nitrogens with one attached hydrogen (secondary N) is 2. The van der Waals surface area contributed by atoms with Crippen LogP contribution in [0.2, 0.25) is 0 Å². The summed E-state index contributed by atoms with van der Waals surface area (Å²) in [6, 6.07) is 1.49. The summed E-state index contributed by atoms with van der Waals surface area (Å²) in [7, 11) is 1.21. The zero-order valence-corrected chi connectivity index (χ0v) is 11.4. The molecule has 9 heteroatoms. The van der Waals surface area contributed by atoms with E-state index in [1.165, 1.54) is 13.3 Å². The molecule has 3 N–H and O–H groups in total. The van der Waals surface area contributed by atoms with Gasteiger partial charge >= 0.3 is 18.0 Å². The molecule has 1 atom stereocenters. The van der Waals surface area contributed by atoms with Crippen LogP contribution in [0.5, 0.6) is 0 Å². The van der Waals surface area contributed by atoms with Crippen LogP contribution in [0.3, 0.4) is 0 Å². The van der Waals surface area contributed by atoms with E-state index < -0.39 is 24.0 Å². The maximum absolute atomic E-state index is 11.6. The molecule has 1 aromatic rings. The lowest BCUT2D eigenvalue weighted by molar-refractivity contribution is -0.142. The molecule has 0 unspecified atom stereocenters. The van der Waals surface area contributed by atoms with Crippen molar-refractivity contribution in [2.24, 2.45) is 0 Å². The molecule has 0 aromatic carbocycles. The Labute approximate surface area is 120 Å². The standard InChI is InChI=1S/C12H16N4O5/c1-21-10(17)5-4-9(11(18)19)15-12(20)13-7-8-3-2-6-14-16-8/h2-3,6,9H,4-5,7H2,1H3,(H,18,19)(H2,13,15,20)/t9-/m1/s1. The molecule has 0 radical (unpaired) electrons. The summed E-state index contributed by atoms with van der Waals surface area (Å²) < 4.78 is 4.42. The number of amides is 2. The van der Waals surface area contributed by atoms with E-state index in [1.54, 1.807) is 12.1 Å². The number of aromatic nitrogens is 2. The van der Waals surface area contributed by atoms with Gasteiger partial charge in [-0.2, -0.15) is 10.2 Å². The van der Waals surface area contributed by atoms with E-state index in [9.17, 15) is 14.4 Å². The summed E-state index contributed by atoms with van der Waals surface area (Å²) in [5.41, 5.74) is 0.536. The number of urea groups is 1. The smallest absolute Gasteiger partial charge is 0.326 e. The molecule has 1 aromatic heterocycles. The van der Waals surface area contributed by atoms with E-state index in [0.717, 1.165) is 0 Å². The normalized spacial score (nSPS) is 11.3. The minimum atomic E-state index is -1.23. The number of carbonyl (C=O) groups excluding carboxylic acids is 2. The van der Waals surface area contributed by atoms with Crippen molar-refractivity contribution < 1.29 is 24.2 Å². The molecule has 2 amide bonds. The topological polar surface area (TPSA) is 131 Å². The van der Waals surface area contributed by atoms with Crippen molar-refractivity contribution in [3.63, 3.8) is 0 Å². The highest BCUT2D eigenvalue weighted by Crippen LogP contribution is 2.00. The van der Waals surface area contributed by atoms with Gasteiger partial charge in [-0.15, -0.1) is 0 Å². The first-order chi connectivity index (χ1) is 10.0. The fourth-order valence-electron chi connectivity index (χ4n) is 1.43. The lowest BCUT2D eigenvalue weighted by atomic mass is 10.1. The molecule has 0 fully saturated rings. The SMILES string of the molecule is COC(=O)CC[C@@H](NC(=O)NCc1cccnn1)C(=O)O. The summed E-state index contributed by atoms with van der Waals surface area (Å²) >= 11 is 0. The first-order valence-electron chi connectivity index (χ1n) is 6.13. The van der Waals surface area contributed by atoms with E-state index in [0.29, 0.717) is 5.69 Å². The average molecular weight is 296 g/mol. The first-order valence-corrected chi connectivity index (χ1v) is 6.13. The first kappa shape index (κ1) is 16.3. The van der Waals surface area contributed by atoms with Crippen molar-refractivity contribution in [2.45, 2.75) is 25.4 Å². The Morgan fingerprint density at radius 2 is 2.19 bits per heavy atom. The van der Waals surface area contributed by atoms with Crippen LogP contribution in [-0.2, 0) is 20.9 Å². The summed E-state index contributed by atoms with van der Waals surface area (Å²) in [4.78, 5) is 33.6. The number of nitrogens with zero attached hydrogens (tertiary/aromatic N) is 2. The Kier molecular flexibility index (Phi) is 6.58. The third-order valence-electron chi connectivity index (χ3n) is 2.53. The number of hydrogen-bond donors (Lipinski definition) is 3. The number of methoxy groups -OCH3 is 1. The Morgan fingerprint density at radius 3 is 2.76 bits per heavy atom. The number of carboxylic acids is 1. The van der Waals surface area contributed by atoms with Crippen molar-refractivity contribution in [3.05, 3.63) is 24.0 Å². The number of carboxylic acid groups (broad SMARTS) is 1. The zero-order valence-electron chi connectivity index (χ0n) is 11.4.